The Balaban J connectivity index is 4.18. The van der Waals surface area contributed by atoms with Crippen molar-refractivity contribution >= 4 is 8.80 Å². The molecule has 0 saturated heterocycles. The molecule has 0 bridgehead atoms. The van der Waals surface area contributed by atoms with E-state index in [-0.39, 0.29) is 0 Å². The van der Waals surface area contributed by atoms with Crippen molar-refractivity contribution < 1.29 is 13.3 Å². The van der Waals surface area contributed by atoms with Gasteiger partial charge in [-0.3, -0.25) is 0 Å². The maximum absolute atomic E-state index is 5.79. The van der Waals surface area contributed by atoms with Crippen LogP contribution in [0.15, 0.2) is 12.2 Å². The summed E-state index contributed by atoms with van der Waals surface area (Å²) in [7, 11) is -2.40. The van der Waals surface area contributed by atoms with Crippen molar-refractivity contribution in [1.82, 2.24) is 0 Å². The van der Waals surface area contributed by atoms with E-state index in [1.165, 1.54) is 5.57 Å². The van der Waals surface area contributed by atoms with Crippen molar-refractivity contribution in [3.63, 3.8) is 0 Å². The largest absolute Gasteiger partial charge is 0.500 e. The summed E-state index contributed by atoms with van der Waals surface area (Å²) >= 11 is 0. The predicted octanol–water partition coefficient (Wildman–Crippen LogP) is 3.78. The minimum Gasteiger partial charge on any atom is -0.374 e. The molecular formula is C13H28O3Si. The highest BCUT2D eigenvalue weighted by molar-refractivity contribution is 6.60. The number of rotatable bonds is 11. The van der Waals surface area contributed by atoms with Crippen molar-refractivity contribution in [2.24, 2.45) is 0 Å². The minimum atomic E-state index is -2.40. The van der Waals surface area contributed by atoms with Crippen LogP contribution in [0.1, 0.15) is 47.0 Å². The lowest BCUT2D eigenvalue weighted by molar-refractivity contribution is 0.0707. The maximum Gasteiger partial charge on any atom is 0.500 e. The van der Waals surface area contributed by atoms with E-state index in [0.29, 0.717) is 19.8 Å². The molecule has 0 heterocycles. The Kier molecular flexibility index (Phi) is 9.73. The molecule has 0 aromatic carbocycles. The van der Waals surface area contributed by atoms with Gasteiger partial charge in [-0.1, -0.05) is 5.57 Å². The maximum atomic E-state index is 5.79. The van der Waals surface area contributed by atoms with E-state index >= 15 is 0 Å². The van der Waals surface area contributed by atoms with Gasteiger partial charge < -0.3 is 13.3 Å². The Labute approximate surface area is 108 Å². The lowest BCUT2D eigenvalue weighted by atomic mass is 10.2. The molecule has 0 spiro atoms. The van der Waals surface area contributed by atoms with E-state index in [9.17, 15) is 0 Å². The fourth-order valence-electron chi connectivity index (χ4n) is 1.77. The van der Waals surface area contributed by atoms with Gasteiger partial charge in [0.1, 0.15) is 0 Å². The van der Waals surface area contributed by atoms with Crippen molar-refractivity contribution in [2.45, 2.75) is 53.0 Å². The van der Waals surface area contributed by atoms with Crippen LogP contribution in [0.3, 0.4) is 0 Å². The molecule has 0 rings (SSSR count). The molecule has 0 radical (unpaired) electrons. The third-order valence-electron chi connectivity index (χ3n) is 2.43. The van der Waals surface area contributed by atoms with Crippen molar-refractivity contribution in [3.8, 4) is 0 Å². The van der Waals surface area contributed by atoms with Crippen molar-refractivity contribution in [1.29, 1.82) is 0 Å². The number of unbranched alkanes of at least 4 members (excludes halogenated alkanes) is 1. The van der Waals surface area contributed by atoms with Crippen LogP contribution in [-0.4, -0.2) is 28.6 Å². The Morgan fingerprint density at radius 3 is 1.76 bits per heavy atom. The zero-order valence-electron chi connectivity index (χ0n) is 11.9. The topological polar surface area (TPSA) is 27.7 Å². The van der Waals surface area contributed by atoms with Gasteiger partial charge in [0.25, 0.3) is 0 Å². The van der Waals surface area contributed by atoms with E-state index in [4.69, 9.17) is 13.3 Å². The Bertz CT molecular complexity index is 190. The molecule has 102 valence electrons. The van der Waals surface area contributed by atoms with Gasteiger partial charge in [-0.15, -0.1) is 6.58 Å². The van der Waals surface area contributed by atoms with E-state index in [1.807, 2.05) is 20.8 Å². The van der Waals surface area contributed by atoms with E-state index in [2.05, 4.69) is 13.5 Å². The molecule has 0 aliphatic rings. The van der Waals surface area contributed by atoms with Crippen LogP contribution in [0.4, 0.5) is 0 Å². The van der Waals surface area contributed by atoms with Crippen LogP contribution in [0.5, 0.6) is 0 Å². The monoisotopic (exact) mass is 260 g/mol. The minimum absolute atomic E-state index is 0.659. The molecule has 3 nitrogen and oxygen atoms in total. The fourth-order valence-corrected chi connectivity index (χ4v) is 4.46. The van der Waals surface area contributed by atoms with Crippen molar-refractivity contribution in [3.05, 3.63) is 12.2 Å². The Hall–Kier alpha value is -0.163. The van der Waals surface area contributed by atoms with Gasteiger partial charge in [-0.05, 0) is 47.0 Å². The van der Waals surface area contributed by atoms with Crippen LogP contribution >= 0.6 is 0 Å². The summed E-state index contributed by atoms with van der Waals surface area (Å²) in [6, 6.07) is 0.912. The van der Waals surface area contributed by atoms with Gasteiger partial charge in [-0.25, -0.2) is 0 Å². The van der Waals surface area contributed by atoms with Crippen LogP contribution in [-0.2, 0) is 13.3 Å². The summed E-state index contributed by atoms with van der Waals surface area (Å²) in [6.07, 6.45) is 3.30. The van der Waals surface area contributed by atoms with Gasteiger partial charge in [0, 0.05) is 25.9 Å². The average molecular weight is 260 g/mol. The third kappa shape index (κ3) is 7.71. The molecule has 0 aromatic rings. The van der Waals surface area contributed by atoms with E-state index in [0.717, 1.165) is 25.3 Å². The highest BCUT2D eigenvalue weighted by Crippen LogP contribution is 2.20. The SMILES string of the molecule is C=C(C)CCCC[Si](OCC)(OCC)OCC. The molecule has 0 saturated carbocycles. The zero-order chi connectivity index (χ0) is 13.1. The summed E-state index contributed by atoms with van der Waals surface area (Å²) in [5.74, 6) is 0. The third-order valence-corrected chi connectivity index (χ3v) is 5.58. The number of hydrogen-bond donors (Lipinski definition) is 0. The number of allylic oxidation sites excluding steroid dienone is 1. The standard InChI is InChI=1S/C13H28O3Si/c1-6-14-17(15-7-2,16-8-3)12-10-9-11-13(4)5/h4,6-12H2,1-3,5H3. The second-order valence-corrected chi connectivity index (χ2v) is 6.88. The predicted molar refractivity (Wildman–Crippen MR) is 74.1 cm³/mol. The molecule has 0 aliphatic heterocycles. The number of hydrogen-bond acceptors (Lipinski definition) is 3. The molecular weight excluding hydrogens is 232 g/mol. The molecule has 4 heteroatoms. The van der Waals surface area contributed by atoms with Crippen LogP contribution in [0.2, 0.25) is 6.04 Å². The molecule has 0 fully saturated rings. The molecule has 17 heavy (non-hydrogen) atoms. The first-order chi connectivity index (χ1) is 8.10. The second-order valence-electron chi connectivity index (χ2n) is 4.15. The molecule has 0 N–H and O–H groups in total. The average Bonchev–Trinajstić information content (AvgIpc) is 2.25. The van der Waals surface area contributed by atoms with Gasteiger partial charge >= 0.3 is 8.80 Å². The van der Waals surface area contributed by atoms with Crippen LogP contribution in [0.25, 0.3) is 0 Å². The normalized spacial score (nSPS) is 11.8. The molecule has 0 atom stereocenters. The quantitative estimate of drug-likeness (QED) is 0.321. The highest BCUT2D eigenvalue weighted by Gasteiger charge is 2.39. The van der Waals surface area contributed by atoms with Gasteiger partial charge in [-0.2, -0.15) is 0 Å². The highest BCUT2D eigenvalue weighted by atomic mass is 28.4. The zero-order valence-corrected chi connectivity index (χ0v) is 12.9. The molecule has 0 aliphatic carbocycles. The first-order valence-corrected chi connectivity index (χ1v) is 8.59. The summed E-state index contributed by atoms with van der Waals surface area (Å²) in [5.41, 5.74) is 1.24. The summed E-state index contributed by atoms with van der Waals surface area (Å²) < 4.78 is 17.4. The summed E-state index contributed by atoms with van der Waals surface area (Å²) in [4.78, 5) is 0. The lowest BCUT2D eigenvalue weighted by Gasteiger charge is -2.28. The Morgan fingerprint density at radius 2 is 1.41 bits per heavy atom. The van der Waals surface area contributed by atoms with Gasteiger partial charge in [0.2, 0.25) is 0 Å². The lowest BCUT2D eigenvalue weighted by Crippen LogP contribution is -2.45. The first-order valence-electron chi connectivity index (χ1n) is 6.66. The molecule has 0 amide bonds. The smallest absolute Gasteiger partial charge is 0.374 e. The second kappa shape index (κ2) is 9.83. The molecule has 0 unspecified atom stereocenters. The Morgan fingerprint density at radius 1 is 0.941 bits per heavy atom. The van der Waals surface area contributed by atoms with Crippen molar-refractivity contribution in [2.75, 3.05) is 19.8 Å². The van der Waals surface area contributed by atoms with Gasteiger partial charge in [0.15, 0.2) is 0 Å². The van der Waals surface area contributed by atoms with Crippen LogP contribution in [0, 0.1) is 0 Å². The summed E-state index contributed by atoms with van der Waals surface area (Å²) in [5, 5.41) is 0. The van der Waals surface area contributed by atoms with Gasteiger partial charge in [0.05, 0.1) is 0 Å². The van der Waals surface area contributed by atoms with E-state index in [1.54, 1.807) is 0 Å². The first kappa shape index (κ1) is 16.8. The van der Waals surface area contributed by atoms with E-state index < -0.39 is 8.80 Å². The van der Waals surface area contributed by atoms with Crippen LogP contribution < -0.4 is 0 Å². The summed E-state index contributed by atoms with van der Waals surface area (Å²) in [6.45, 7) is 13.9. The molecule has 0 aromatic heterocycles. The fraction of sp³-hybridized carbons (Fsp3) is 0.846.